The Hall–Kier alpha value is -2.30. The summed E-state index contributed by atoms with van der Waals surface area (Å²) in [7, 11) is 0. The van der Waals surface area contributed by atoms with Gasteiger partial charge in [-0.25, -0.2) is 9.48 Å². The van der Waals surface area contributed by atoms with Gasteiger partial charge in [-0.15, -0.1) is 0 Å². The van der Waals surface area contributed by atoms with E-state index in [1.54, 1.807) is 29.1 Å². The third-order valence-corrected chi connectivity index (χ3v) is 2.63. The molecule has 0 spiro atoms. The van der Waals surface area contributed by atoms with Crippen LogP contribution >= 0.6 is 0 Å². The predicted octanol–water partition coefficient (Wildman–Crippen LogP) is 2.33. The summed E-state index contributed by atoms with van der Waals surface area (Å²) >= 11 is 0. The quantitative estimate of drug-likeness (QED) is 0.859. The van der Waals surface area contributed by atoms with Crippen LogP contribution < -0.4 is 5.73 Å². The Bertz CT molecular complexity index is 583. The number of nitrogen functional groups attached to an aromatic ring is 1. The number of hydrogen-bond acceptors (Lipinski definition) is 4. The summed E-state index contributed by atoms with van der Waals surface area (Å²) in [5, 5.41) is 4.28. The van der Waals surface area contributed by atoms with Gasteiger partial charge in [0.2, 0.25) is 0 Å². The van der Waals surface area contributed by atoms with Crippen molar-refractivity contribution in [3.8, 4) is 5.69 Å². The minimum atomic E-state index is -0.339. The Labute approximate surface area is 112 Å². The van der Waals surface area contributed by atoms with Gasteiger partial charge < -0.3 is 10.5 Å². The number of aryl methyl sites for hydroxylation is 1. The molecular weight excluding hydrogens is 242 g/mol. The Kier molecular flexibility index (Phi) is 3.55. The van der Waals surface area contributed by atoms with Crippen LogP contribution in [0.1, 0.15) is 29.9 Å². The molecule has 100 valence electrons. The molecule has 0 fully saturated rings. The molecule has 0 radical (unpaired) electrons. The fraction of sp³-hybridized carbons (Fsp3) is 0.286. The van der Waals surface area contributed by atoms with Crippen LogP contribution in [0, 0.1) is 6.92 Å². The number of benzene rings is 1. The summed E-state index contributed by atoms with van der Waals surface area (Å²) in [6.07, 6.45) is 1.58. The largest absolute Gasteiger partial charge is 0.459 e. The highest BCUT2D eigenvalue weighted by atomic mass is 16.5. The second-order valence-electron chi connectivity index (χ2n) is 4.62. The Morgan fingerprint density at radius 3 is 2.74 bits per heavy atom. The third kappa shape index (κ3) is 2.93. The summed E-state index contributed by atoms with van der Waals surface area (Å²) in [4.78, 5) is 11.8. The van der Waals surface area contributed by atoms with Crippen molar-refractivity contribution in [1.82, 2.24) is 9.78 Å². The average molecular weight is 259 g/mol. The number of rotatable bonds is 3. The molecule has 0 saturated carbocycles. The van der Waals surface area contributed by atoms with Crippen LogP contribution in [0.5, 0.6) is 0 Å². The fourth-order valence-corrected chi connectivity index (χ4v) is 1.66. The molecule has 0 saturated heterocycles. The van der Waals surface area contributed by atoms with E-state index < -0.39 is 0 Å². The smallest absolute Gasteiger partial charge is 0.338 e. The molecule has 5 heteroatoms. The second kappa shape index (κ2) is 5.14. The van der Waals surface area contributed by atoms with Crippen molar-refractivity contribution >= 4 is 11.7 Å². The maximum Gasteiger partial charge on any atom is 0.338 e. The zero-order valence-corrected chi connectivity index (χ0v) is 11.3. The number of nitrogens with zero attached hydrogens (tertiary/aromatic N) is 2. The summed E-state index contributed by atoms with van der Waals surface area (Å²) in [6, 6.07) is 7.10. The van der Waals surface area contributed by atoms with Crippen LogP contribution in [0.3, 0.4) is 0 Å². The van der Waals surface area contributed by atoms with Crippen molar-refractivity contribution in [3.05, 3.63) is 41.7 Å². The maximum atomic E-state index is 11.8. The van der Waals surface area contributed by atoms with Crippen LogP contribution in [-0.2, 0) is 4.74 Å². The molecule has 0 aliphatic carbocycles. The zero-order valence-electron chi connectivity index (χ0n) is 11.3. The first-order chi connectivity index (χ1) is 8.97. The number of carbonyl (C=O) groups is 1. The van der Waals surface area contributed by atoms with Crippen molar-refractivity contribution in [2.24, 2.45) is 0 Å². The van der Waals surface area contributed by atoms with Gasteiger partial charge in [0, 0.05) is 0 Å². The number of carbonyl (C=O) groups excluding carboxylic acids is 1. The standard InChI is InChI=1S/C14H17N3O2/c1-9(2)19-14(18)11-5-4-6-12(7-11)17-8-13(15)10(3)16-17/h4-9H,15H2,1-3H3. The number of ether oxygens (including phenoxy) is 1. The van der Waals surface area contributed by atoms with Crippen LogP contribution in [0.2, 0.25) is 0 Å². The second-order valence-corrected chi connectivity index (χ2v) is 4.62. The average Bonchev–Trinajstić information content (AvgIpc) is 2.69. The molecule has 1 aromatic heterocycles. The van der Waals surface area contributed by atoms with Gasteiger partial charge in [0.15, 0.2) is 0 Å². The van der Waals surface area contributed by atoms with E-state index in [2.05, 4.69) is 5.10 Å². The number of aromatic nitrogens is 2. The van der Waals surface area contributed by atoms with E-state index in [0.717, 1.165) is 11.4 Å². The SMILES string of the molecule is Cc1nn(-c2cccc(C(=O)OC(C)C)c2)cc1N. The molecule has 0 aliphatic heterocycles. The molecule has 0 aliphatic rings. The first-order valence-electron chi connectivity index (χ1n) is 6.10. The van der Waals surface area contributed by atoms with E-state index in [1.807, 2.05) is 26.8 Å². The van der Waals surface area contributed by atoms with Crippen molar-refractivity contribution in [3.63, 3.8) is 0 Å². The lowest BCUT2D eigenvalue weighted by molar-refractivity contribution is 0.0378. The van der Waals surface area contributed by atoms with Crippen LogP contribution in [-0.4, -0.2) is 21.9 Å². The highest BCUT2D eigenvalue weighted by Gasteiger charge is 2.11. The topological polar surface area (TPSA) is 70.1 Å². The molecule has 2 aromatic rings. The van der Waals surface area contributed by atoms with E-state index >= 15 is 0 Å². The zero-order chi connectivity index (χ0) is 14.0. The first-order valence-corrected chi connectivity index (χ1v) is 6.10. The Morgan fingerprint density at radius 2 is 2.16 bits per heavy atom. The van der Waals surface area contributed by atoms with E-state index in [0.29, 0.717) is 11.3 Å². The lowest BCUT2D eigenvalue weighted by Gasteiger charge is -2.09. The van der Waals surface area contributed by atoms with Gasteiger partial charge in [-0.05, 0) is 39.0 Å². The Balaban J connectivity index is 2.31. The number of anilines is 1. The molecule has 19 heavy (non-hydrogen) atoms. The fourth-order valence-electron chi connectivity index (χ4n) is 1.66. The minimum absolute atomic E-state index is 0.140. The van der Waals surface area contributed by atoms with Gasteiger partial charge in [0.05, 0.1) is 34.9 Å². The summed E-state index contributed by atoms with van der Waals surface area (Å²) in [5.41, 5.74) is 8.42. The molecule has 2 rings (SSSR count). The molecule has 2 N–H and O–H groups in total. The predicted molar refractivity (Wildman–Crippen MR) is 73.3 cm³/mol. The van der Waals surface area contributed by atoms with Gasteiger partial charge in [0.1, 0.15) is 0 Å². The Morgan fingerprint density at radius 1 is 1.42 bits per heavy atom. The molecule has 0 unspecified atom stereocenters. The van der Waals surface area contributed by atoms with Gasteiger partial charge in [-0.2, -0.15) is 5.10 Å². The molecular formula is C14H17N3O2. The maximum absolute atomic E-state index is 11.8. The molecule has 5 nitrogen and oxygen atoms in total. The summed E-state index contributed by atoms with van der Waals surface area (Å²) < 4.78 is 6.81. The third-order valence-electron chi connectivity index (χ3n) is 2.63. The van der Waals surface area contributed by atoms with Gasteiger partial charge in [0.25, 0.3) is 0 Å². The van der Waals surface area contributed by atoms with Crippen LogP contribution in [0.25, 0.3) is 5.69 Å². The molecule has 0 amide bonds. The van der Waals surface area contributed by atoms with Crippen molar-refractivity contribution in [2.45, 2.75) is 26.9 Å². The van der Waals surface area contributed by atoms with Gasteiger partial charge in [-0.3, -0.25) is 0 Å². The van der Waals surface area contributed by atoms with E-state index in [1.165, 1.54) is 0 Å². The summed E-state index contributed by atoms with van der Waals surface area (Å²) in [5.74, 6) is -0.339. The van der Waals surface area contributed by atoms with E-state index in [9.17, 15) is 4.79 Å². The van der Waals surface area contributed by atoms with Gasteiger partial charge in [-0.1, -0.05) is 6.07 Å². The monoisotopic (exact) mass is 259 g/mol. The van der Waals surface area contributed by atoms with Crippen molar-refractivity contribution in [1.29, 1.82) is 0 Å². The van der Waals surface area contributed by atoms with Crippen LogP contribution in [0.15, 0.2) is 30.5 Å². The van der Waals surface area contributed by atoms with Crippen molar-refractivity contribution in [2.75, 3.05) is 5.73 Å². The highest BCUT2D eigenvalue weighted by molar-refractivity contribution is 5.90. The van der Waals surface area contributed by atoms with Crippen molar-refractivity contribution < 1.29 is 9.53 Å². The minimum Gasteiger partial charge on any atom is -0.459 e. The van der Waals surface area contributed by atoms with Crippen LogP contribution in [0.4, 0.5) is 5.69 Å². The van der Waals surface area contributed by atoms with E-state index in [-0.39, 0.29) is 12.1 Å². The number of hydrogen-bond donors (Lipinski definition) is 1. The molecule has 0 bridgehead atoms. The van der Waals surface area contributed by atoms with E-state index in [4.69, 9.17) is 10.5 Å². The normalized spacial score (nSPS) is 10.7. The molecule has 1 aromatic carbocycles. The lowest BCUT2D eigenvalue weighted by atomic mass is 10.2. The number of esters is 1. The summed E-state index contributed by atoms with van der Waals surface area (Å²) in [6.45, 7) is 5.47. The lowest BCUT2D eigenvalue weighted by Crippen LogP contribution is -2.12. The highest BCUT2D eigenvalue weighted by Crippen LogP contribution is 2.15. The van der Waals surface area contributed by atoms with Gasteiger partial charge >= 0.3 is 5.97 Å². The molecule has 1 heterocycles. The first kappa shape index (κ1) is 13.1. The number of nitrogens with two attached hydrogens (primary N) is 1. The molecule has 0 atom stereocenters.